The van der Waals surface area contributed by atoms with E-state index in [4.69, 9.17) is 0 Å². The maximum absolute atomic E-state index is 12.1. The summed E-state index contributed by atoms with van der Waals surface area (Å²) in [4.78, 5) is 12.1. The van der Waals surface area contributed by atoms with E-state index in [2.05, 4.69) is 6.92 Å². The zero-order chi connectivity index (χ0) is 13.0. The number of ketones is 1. The number of hydrogen-bond acceptors (Lipinski definition) is 2. The van der Waals surface area contributed by atoms with E-state index in [1.807, 2.05) is 24.3 Å². The van der Waals surface area contributed by atoms with E-state index in [1.54, 1.807) is 12.1 Å². The Balaban J connectivity index is 2.20. The molecule has 0 fully saturated rings. The molecule has 0 radical (unpaired) electrons. The number of hydrogen-bond donors (Lipinski definition) is 1. The Morgan fingerprint density at radius 2 is 1.44 bits per heavy atom. The van der Waals surface area contributed by atoms with Crippen LogP contribution in [-0.2, 0) is 6.42 Å². The number of rotatable bonds is 4. The Morgan fingerprint density at radius 1 is 0.944 bits per heavy atom. The number of phenols is 1. The van der Waals surface area contributed by atoms with Gasteiger partial charge in [0, 0.05) is 11.1 Å². The Morgan fingerprint density at radius 3 is 1.94 bits per heavy atom. The molecule has 0 saturated heterocycles. The molecule has 2 heteroatoms. The molecule has 18 heavy (non-hydrogen) atoms. The van der Waals surface area contributed by atoms with Gasteiger partial charge >= 0.3 is 0 Å². The van der Waals surface area contributed by atoms with Crippen molar-refractivity contribution in [2.24, 2.45) is 0 Å². The van der Waals surface area contributed by atoms with Crippen LogP contribution in [-0.4, -0.2) is 10.9 Å². The highest BCUT2D eigenvalue weighted by atomic mass is 16.3. The smallest absolute Gasteiger partial charge is 0.193 e. The normalized spacial score (nSPS) is 10.3. The van der Waals surface area contributed by atoms with Crippen LogP contribution < -0.4 is 0 Å². The molecule has 0 aromatic heterocycles. The number of carbonyl (C=O) groups is 1. The topological polar surface area (TPSA) is 37.3 Å². The Hall–Kier alpha value is -2.09. The molecule has 0 aliphatic rings. The predicted octanol–water partition coefficient (Wildman–Crippen LogP) is 3.58. The zero-order valence-corrected chi connectivity index (χ0v) is 10.4. The second kappa shape index (κ2) is 5.50. The monoisotopic (exact) mass is 240 g/mol. The maximum atomic E-state index is 12.1. The first-order valence-corrected chi connectivity index (χ1v) is 6.13. The van der Waals surface area contributed by atoms with Crippen molar-refractivity contribution >= 4 is 5.78 Å². The molecule has 0 heterocycles. The molecular weight excluding hydrogens is 224 g/mol. The van der Waals surface area contributed by atoms with E-state index in [0.29, 0.717) is 11.1 Å². The minimum atomic E-state index is -0.0157. The summed E-state index contributed by atoms with van der Waals surface area (Å²) in [5.74, 6) is 0.155. The molecule has 0 unspecified atom stereocenters. The number of benzene rings is 2. The molecule has 0 saturated carbocycles. The standard InChI is InChI=1S/C16H16O2/c1-2-3-12-4-6-13(7-5-12)16(18)14-8-10-15(17)11-9-14/h4-11,17H,2-3H2,1H3. The van der Waals surface area contributed by atoms with Gasteiger partial charge in [0.05, 0.1) is 0 Å². The lowest BCUT2D eigenvalue weighted by Crippen LogP contribution is -2.00. The van der Waals surface area contributed by atoms with Crippen LogP contribution in [0.25, 0.3) is 0 Å². The molecule has 0 aliphatic heterocycles. The van der Waals surface area contributed by atoms with E-state index in [-0.39, 0.29) is 11.5 Å². The van der Waals surface area contributed by atoms with Crippen molar-refractivity contribution in [1.29, 1.82) is 0 Å². The summed E-state index contributed by atoms with van der Waals surface area (Å²) < 4.78 is 0. The van der Waals surface area contributed by atoms with Gasteiger partial charge in [0.1, 0.15) is 5.75 Å². The van der Waals surface area contributed by atoms with Gasteiger partial charge in [0.15, 0.2) is 5.78 Å². The van der Waals surface area contributed by atoms with E-state index in [9.17, 15) is 9.90 Å². The number of carbonyl (C=O) groups excluding carboxylic acids is 1. The van der Waals surface area contributed by atoms with Gasteiger partial charge in [-0.05, 0) is 36.2 Å². The third kappa shape index (κ3) is 2.77. The van der Waals surface area contributed by atoms with Crippen LogP contribution in [0, 0.1) is 0 Å². The summed E-state index contributed by atoms with van der Waals surface area (Å²) in [6, 6.07) is 14.0. The SMILES string of the molecule is CCCc1ccc(C(=O)c2ccc(O)cc2)cc1. The van der Waals surface area contributed by atoms with Crippen LogP contribution >= 0.6 is 0 Å². The van der Waals surface area contributed by atoms with Crippen molar-refractivity contribution in [3.05, 3.63) is 65.2 Å². The van der Waals surface area contributed by atoms with Gasteiger partial charge in [-0.2, -0.15) is 0 Å². The highest BCUT2D eigenvalue weighted by Crippen LogP contribution is 2.15. The molecule has 0 spiro atoms. The molecule has 0 bridgehead atoms. The fourth-order valence-corrected chi connectivity index (χ4v) is 1.89. The van der Waals surface area contributed by atoms with Gasteiger partial charge in [-0.1, -0.05) is 37.6 Å². The minimum Gasteiger partial charge on any atom is -0.508 e. The van der Waals surface area contributed by atoms with Crippen molar-refractivity contribution < 1.29 is 9.90 Å². The molecule has 2 nitrogen and oxygen atoms in total. The average molecular weight is 240 g/mol. The van der Waals surface area contributed by atoms with Gasteiger partial charge in [0.25, 0.3) is 0 Å². The Bertz CT molecular complexity index is 524. The minimum absolute atomic E-state index is 0.0157. The van der Waals surface area contributed by atoms with Crippen LogP contribution in [0.2, 0.25) is 0 Å². The van der Waals surface area contributed by atoms with Gasteiger partial charge in [0.2, 0.25) is 0 Å². The van der Waals surface area contributed by atoms with Crippen LogP contribution in [0.1, 0.15) is 34.8 Å². The van der Waals surface area contributed by atoms with E-state index in [0.717, 1.165) is 12.8 Å². The molecule has 2 aromatic rings. The highest BCUT2D eigenvalue weighted by Gasteiger charge is 2.08. The second-order valence-electron chi connectivity index (χ2n) is 4.32. The number of aromatic hydroxyl groups is 1. The van der Waals surface area contributed by atoms with Crippen LogP contribution in [0.5, 0.6) is 5.75 Å². The quantitative estimate of drug-likeness (QED) is 0.829. The Labute approximate surface area is 107 Å². The summed E-state index contributed by atoms with van der Waals surface area (Å²) in [7, 11) is 0. The predicted molar refractivity (Wildman–Crippen MR) is 72.0 cm³/mol. The van der Waals surface area contributed by atoms with Crippen LogP contribution in [0.4, 0.5) is 0 Å². The molecular formula is C16H16O2. The first-order valence-electron chi connectivity index (χ1n) is 6.13. The van der Waals surface area contributed by atoms with E-state index >= 15 is 0 Å². The summed E-state index contributed by atoms with van der Waals surface area (Å²) in [6.07, 6.45) is 2.14. The van der Waals surface area contributed by atoms with Crippen LogP contribution in [0.3, 0.4) is 0 Å². The maximum Gasteiger partial charge on any atom is 0.193 e. The van der Waals surface area contributed by atoms with E-state index < -0.39 is 0 Å². The number of aryl methyl sites for hydroxylation is 1. The first-order chi connectivity index (χ1) is 8.70. The van der Waals surface area contributed by atoms with Gasteiger partial charge < -0.3 is 5.11 Å². The molecule has 0 atom stereocenters. The van der Waals surface area contributed by atoms with Crippen molar-refractivity contribution in [3.8, 4) is 5.75 Å². The third-order valence-corrected chi connectivity index (χ3v) is 2.88. The summed E-state index contributed by atoms with van der Waals surface area (Å²) in [6.45, 7) is 2.13. The van der Waals surface area contributed by atoms with Crippen molar-refractivity contribution in [2.75, 3.05) is 0 Å². The summed E-state index contributed by atoms with van der Waals surface area (Å²) >= 11 is 0. The molecule has 0 aliphatic carbocycles. The highest BCUT2D eigenvalue weighted by molar-refractivity contribution is 6.09. The average Bonchev–Trinajstić information content (AvgIpc) is 2.40. The van der Waals surface area contributed by atoms with Crippen molar-refractivity contribution in [2.45, 2.75) is 19.8 Å². The van der Waals surface area contributed by atoms with Crippen molar-refractivity contribution in [3.63, 3.8) is 0 Å². The fourth-order valence-electron chi connectivity index (χ4n) is 1.89. The summed E-state index contributed by atoms with van der Waals surface area (Å²) in [5.41, 5.74) is 2.52. The lowest BCUT2D eigenvalue weighted by molar-refractivity contribution is 0.103. The first kappa shape index (κ1) is 12.4. The van der Waals surface area contributed by atoms with Gasteiger partial charge in [-0.3, -0.25) is 4.79 Å². The Kier molecular flexibility index (Phi) is 3.78. The van der Waals surface area contributed by atoms with Crippen LogP contribution in [0.15, 0.2) is 48.5 Å². The third-order valence-electron chi connectivity index (χ3n) is 2.88. The molecule has 2 rings (SSSR count). The van der Waals surface area contributed by atoms with Gasteiger partial charge in [-0.15, -0.1) is 0 Å². The molecule has 1 N–H and O–H groups in total. The second-order valence-corrected chi connectivity index (χ2v) is 4.32. The van der Waals surface area contributed by atoms with Crippen molar-refractivity contribution in [1.82, 2.24) is 0 Å². The van der Waals surface area contributed by atoms with Gasteiger partial charge in [-0.25, -0.2) is 0 Å². The number of phenolic OH excluding ortho intramolecular Hbond substituents is 1. The largest absolute Gasteiger partial charge is 0.508 e. The lowest BCUT2D eigenvalue weighted by atomic mass is 10.0. The lowest BCUT2D eigenvalue weighted by Gasteiger charge is -2.03. The summed E-state index contributed by atoms with van der Waals surface area (Å²) in [5, 5.41) is 9.19. The molecule has 0 amide bonds. The molecule has 92 valence electrons. The zero-order valence-electron chi connectivity index (χ0n) is 10.4. The van der Waals surface area contributed by atoms with E-state index in [1.165, 1.54) is 17.7 Å². The fraction of sp³-hybridized carbons (Fsp3) is 0.188. The molecule has 2 aromatic carbocycles.